The molecule has 0 spiro atoms. The van der Waals surface area contributed by atoms with Gasteiger partial charge in [-0.3, -0.25) is 0 Å². The Morgan fingerprint density at radius 3 is 2.93 bits per heavy atom. The zero-order valence-corrected chi connectivity index (χ0v) is 9.42. The van der Waals surface area contributed by atoms with Crippen molar-refractivity contribution in [1.29, 1.82) is 0 Å². The summed E-state index contributed by atoms with van der Waals surface area (Å²) < 4.78 is 4.97. The molecule has 1 rings (SSSR count). The molecular formula is C11H19N3O. The van der Waals surface area contributed by atoms with Crippen LogP contribution in [0, 0.1) is 6.92 Å². The Morgan fingerprint density at radius 1 is 1.47 bits per heavy atom. The van der Waals surface area contributed by atoms with Gasteiger partial charge in [0.1, 0.15) is 5.82 Å². The van der Waals surface area contributed by atoms with Gasteiger partial charge in [-0.2, -0.15) is 0 Å². The molecule has 0 aromatic carbocycles. The number of nitrogen functional groups attached to an aromatic ring is 1. The number of ether oxygens (including phenoxy) is 1. The van der Waals surface area contributed by atoms with E-state index in [0.717, 1.165) is 43.1 Å². The van der Waals surface area contributed by atoms with E-state index in [1.165, 1.54) is 0 Å². The Hall–Kier alpha value is -1.29. The largest absolute Gasteiger partial charge is 0.397 e. The molecule has 1 aromatic heterocycles. The first-order valence-corrected chi connectivity index (χ1v) is 5.19. The maximum atomic E-state index is 5.68. The number of pyridine rings is 1. The molecule has 0 unspecified atom stereocenters. The molecule has 4 heteroatoms. The van der Waals surface area contributed by atoms with Gasteiger partial charge in [-0.15, -0.1) is 0 Å². The maximum absolute atomic E-state index is 5.68. The molecule has 0 fully saturated rings. The van der Waals surface area contributed by atoms with Crippen LogP contribution in [0.2, 0.25) is 0 Å². The van der Waals surface area contributed by atoms with Crippen LogP contribution in [0.1, 0.15) is 18.4 Å². The maximum Gasteiger partial charge on any atom is 0.126 e. The molecule has 0 radical (unpaired) electrons. The van der Waals surface area contributed by atoms with Crippen LogP contribution in [0.15, 0.2) is 12.3 Å². The van der Waals surface area contributed by atoms with Crippen molar-refractivity contribution in [3.63, 3.8) is 0 Å². The summed E-state index contributed by atoms with van der Waals surface area (Å²) in [4.78, 5) is 4.19. The number of aromatic nitrogens is 1. The van der Waals surface area contributed by atoms with Crippen LogP contribution < -0.4 is 11.1 Å². The summed E-state index contributed by atoms with van der Waals surface area (Å²) in [5.74, 6) is 0.888. The molecule has 0 bridgehead atoms. The molecule has 0 aliphatic rings. The summed E-state index contributed by atoms with van der Waals surface area (Å²) in [6, 6.07) is 1.96. The number of hydrogen-bond acceptors (Lipinski definition) is 4. The summed E-state index contributed by atoms with van der Waals surface area (Å²) in [5.41, 5.74) is 7.47. The van der Waals surface area contributed by atoms with E-state index in [4.69, 9.17) is 10.5 Å². The fourth-order valence-corrected chi connectivity index (χ4v) is 1.25. The molecule has 1 aromatic rings. The third-order valence-electron chi connectivity index (χ3n) is 2.23. The lowest BCUT2D eigenvalue weighted by atomic mass is 10.2. The van der Waals surface area contributed by atoms with Crippen LogP contribution in [-0.4, -0.2) is 25.2 Å². The molecule has 4 nitrogen and oxygen atoms in total. The van der Waals surface area contributed by atoms with Gasteiger partial charge >= 0.3 is 0 Å². The first-order valence-electron chi connectivity index (χ1n) is 5.19. The summed E-state index contributed by atoms with van der Waals surface area (Å²) >= 11 is 0. The molecule has 0 atom stereocenters. The van der Waals surface area contributed by atoms with Gasteiger partial charge in [0.05, 0.1) is 11.9 Å². The normalized spacial score (nSPS) is 10.3. The van der Waals surface area contributed by atoms with Gasteiger partial charge in [0.25, 0.3) is 0 Å². The van der Waals surface area contributed by atoms with E-state index in [1.54, 1.807) is 13.3 Å². The zero-order chi connectivity index (χ0) is 11.1. The fraction of sp³-hybridized carbons (Fsp3) is 0.545. The van der Waals surface area contributed by atoms with Gasteiger partial charge in [0.15, 0.2) is 0 Å². The van der Waals surface area contributed by atoms with E-state index >= 15 is 0 Å². The summed E-state index contributed by atoms with van der Waals surface area (Å²) in [7, 11) is 1.72. The lowest BCUT2D eigenvalue weighted by Gasteiger charge is -2.07. The number of nitrogens with zero attached hydrogens (tertiary/aromatic N) is 1. The third kappa shape index (κ3) is 4.16. The second-order valence-corrected chi connectivity index (χ2v) is 3.55. The lowest BCUT2D eigenvalue weighted by Crippen LogP contribution is -2.05. The summed E-state index contributed by atoms with van der Waals surface area (Å²) in [6.07, 6.45) is 3.84. The van der Waals surface area contributed by atoms with Crippen molar-refractivity contribution < 1.29 is 4.74 Å². The Morgan fingerprint density at radius 2 is 2.27 bits per heavy atom. The number of nitrogens with two attached hydrogens (primary N) is 1. The van der Waals surface area contributed by atoms with E-state index in [1.807, 2.05) is 13.0 Å². The van der Waals surface area contributed by atoms with Crippen molar-refractivity contribution in [1.82, 2.24) is 4.98 Å². The summed E-state index contributed by atoms with van der Waals surface area (Å²) in [5, 5.41) is 3.25. The second-order valence-electron chi connectivity index (χ2n) is 3.55. The van der Waals surface area contributed by atoms with Crippen molar-refractivity contribution >= 4 is 11.5 Å². The number of nitrogens with one attached hydrogen (secondary N) is 1. The first kappa shape index (κ1) is 11.8. The number of unbranched alkanes of at least 4 members (excludes halogenated alkanes) is 1. The average molecular weight is 209 g/mol. The molecular weight excluding hydrogens is 190 g/mol. The van der Waals surface area contributed by atoms with Crippen molar-refractivity contribution in [3.8, 4) is 0 Å². The molecule has 0 amide bonds. The van der Waals surface area contributed by atoms with E-state index in [9.17, 15) is 0 Å². The number of methoxy groups -OCH3 is 1. The first-order chi connectivity index (χ1) is 7.24. The molecule has 0 saturated carbocycles. The SMILES string of the molecule is COCCCCNc1cc(C)c(N)cn1. The van der Waals surface area contributed by atoms with Crippen molar-refractivity contribution in [2.24, 2.45) is 0 Å². The van der Waals surface area contributed by atoms with E-state index in [2.05, 4.69) is 10.3 Å². The van der Waals surface area contributed by atoms with E-state index < -0.39 is 0 Å². The van der Waals surface area contributed by atoms with Crippen LogP contribution >= 0.6 is 0 Å². The average Bonchev–Trinajstić information content (AvgIpc) is 2.23. The number of aryl methyl sites for hydroxylation is 1. The fourth-order valence-electron chi connectivity index (χ4n) is 1.25. The second kappa shape index (κ2) is 6.24. The minimum Gasteiger partial charge on any atom is -0.397 e. The Labute approximate surface area is 90.8 Å². The highest BCUT2D eigenvalue weighted by atomic mass is 16.5. The van der Waals surface area contributed by atoms with Crippen LogP contribution in [0.3, 0.4) is 0 Å². The Kier molecular flexibility index (Phi) is 4.90. The summed E-state index contributed by atoms with van der Waals surface area (Å²) in [6.45, 7) is 3.71. The lowest BCUT2D eigenvalue weighted by molar-refractivity contribution is 0.194. The zero-order valence-electron chi connectivity index (χ0n) is 9.42. The predicted octanol–water partition coefficient (Wildman–Crippen LogP) is 1.81. The minimum atomic E-state index is 0.736. The highest BCUT2D eigenvalue weighted by Crippen LogP contribution is 2.12. The Balaban J connectivity index is 2.28. The van der Waals surface area contributed by atoms with Crippen LogP contribution in [-0.2, 0) is 4.74 Å². The van der Waals surface area contributed by atoms with E-state index in [0.29, 0.717) is 0 Å². The van der Waals surface area contributed by atoms with Crippen LogP contribution in [0.4, 0.5) is 11.5 Å². The monoisotopic (exact) mass is 209 g/mol. The molecule has 3 N–H and O–H groups in total. The van der Waals surface area contributed by atoms with E-state index in [-0.39, 0.29) is 0 Å². The third-order valence-corrected chi connectivity index (χ3v) is 2.23. The Bertz CT molecular complexity index is 302. The smallest absolute Gasteiger partial charge is 0.126 e. The van der Waals surface area contributed by atoms with Crippen molar-refractivity contribution in [3.05, 3.63) is 17.8 Å². The highest BCUT2D eigenvalue weighted by Gasteiger charge is 1.97. The van der Waals surface area contributed by atoms with Crippen LogP contribution in [0.5, 0.6) is 0 Å². The van der Waals surface area contributed by atoms with Gasteiger partial charge in [-0.25, -0.2) is 4.98 Å². The molecule has 0 aliphatic carbocycles. The highest BCUT2D eigenvalue weighted by molar-refractivity contribution is 5.50. The number of anilines is 2. The van der Waals surface area contributed by atoms with Gasteiger partial charge in [0, 0.05) is 20.3 Å². The number of rotatable bonds is 6. The number of hydrogen-bond donors (Lipinski definition) is 2. The molecule has 1 heterocycles. The standard InChI is InChI=1S/C11H19N3O/c1-9-7-11(14-8-10(9)12)13-5-3-4-6-15-2/h7-8H,3-6,12H2,1-2H3,(H,13,14). The minimum absolute atomic E-state index is 0.736. The molecule has 84 valence electrons. The van der Waals surface area contributed by atoms with Gasteiger partial charge in [-0.1, -0.05) is 0 Å². The van der Waals surface area contributed by atoms with Gasteiger partial charge in [-0.05, 0) is 31.4 Å². The van der Waals surface area contributed by atoms with Crippen molar-refractivity contribution in [2.75, 3.05) is 31.3 Å². The van der Waals surface area contributed by atoms with Gasteiger partial charge < -0.3 is 15.8 Å². The van der Waals surface area contributed by atoms with Crippen LogP contribution in [0.25, 0.3) is 0 Å². The van der Waals surface area contributed by atoms with Gasteiger partial charge in [0.2, 0.25) is 0 Å². The molecule has 0 saturated heterocycles. The molecule has 0 aliphatic heterocycles. The molecule has 15 heavy (non-hydrogen) atoms. The topological polar surface area (TPSA) is 60.2 Å². The van der Waals surface area contributed by atoms with Crippen molar-refractivity contribution in [2.45, 2.75) is 19.8 Å². The quantitative estimate of drug-likeness (QED) is 0.701. The predicted molar refractivity (Wildman–Crippen MR) is 63.0 cm³/mol.